The van der Waals surface area contributed by atoms with Gasteiger partial charge in [0.2, 0.25) is 11.7 Å². The summed E-state index contributed by atoms with van der Waals surface area (Å²) in [6, 6.07) is 11.5. The molecule has 132 valence electrons. The molecule has 26 heavy (non-hydrogen) atoms. The number of piperazine rings is 1. The second kappa shape index (κ2) is 6.95. The molecule has 0 radical (unpaired) electrons. The monoisotopic (exact) mass is 349 g/mol. The van der Waals surface area contributed by atoms with Crippen molar-refractivity contribution in [3.63, 3.8) is 0 Å². The van der Waals surface area contributed by atoms with Crippen LogP contribution in [0.1, 0.15) is 16.1 Å². The molecule has 1 aliphatic rings. The SMILES string of the molecule is O=C(Cc1ccccc1)N1CCN(C(=O)c2cn3cccnc3n2)CC1. The predicted molar refractivity (Wildman–Crippen MR) is 95.6 cm³/mol. The van der Waals surface area contributed by atoms with E-state index < -0.39 is 0 Å². The molecular weight excluding hydrogens is 330 g/mol. The smallest absolute Gasteiger partial charge is 0.274 e. The molecule has 0 unspecified atom stereocenters. The zero-order chi connectivity index (χ0) is 17.9. The molecular formula is C19H19N5O2. The molecule has 0 N–H and O–H groups in total. The van der Waals surface area contributed by atoms with Gasteiger partial charge in [0, 0.05) is 44.8 Å². The molecule has 0 bridgehead atoms. The summed E-state index contributed by atoms with van der Waals surface area (Å²) >= 11 is 0. The molecule has 1 aromatic carbocycles. The number of hydrogen-bond donors (Lipinski definition) is 0. The van der Waals surface area contributed by atoms with Gasteiger partial charge in [-0.25, -0.2) is 9.97 Å². The largest absolute Gasteiger partial charge is 0.339 e. The van der Waals surface area contributed by atoms with E-state index >= 15 is 0 Å². The van der Waals surface area contributed by atoms with Crippen molar-refractivity contribution in [3.8, 4) is 0 Å². The fourth-order valence-electron chi connectivity index (χ4n) is 3.14. The molecule has 0 saturated carbocycles. The molecule has 0 aliphatic carbocycles. The normalized spacial score (nSPS) is 14.6. The summed E-state index contributed by atoms with van der Waals surface area (Å²) in [7, 11) is 0. The Morgan fingerprint density at radius 2 is 1.69 bits per heavy atom. The minimum absolute atomic E-state index is 0.0974. The highest BCUT2D eigenvalue weighted by molar-refractivity contribution is 5.93. The van der Waals surface area contributed by atoms with Gasteiger partial charge in [-0.3, -0.25) is 14.0 Å². The van der Waals surface area contributed by atoms with Crippen LogP contribution in [0, 0.1) is 0 Å². The number of carbonyl (C=O) groups is 2. The van der Waals surface area contributed by atoms with E-state index in [0.29, 0.717) is 44.1 Å². The van der Waals surface area contributed by atoms with E-state index in [1.165, 1.54) is 0 Å². The number of rotatable bonds is 3. The van der Waals surface area contributed by atoms with Gasteiger partial charge >= 0.3 is 0 Å². The number of benzene rings is 1. The van der Waals surface area contributed by atoms with Crippen LogP contribution >= 0.6 is 0 Å². The summed E-state index contributed by atoms with van der Waals surface area (Å²) in [6.45, 7) is 2.12. The van der Waals surface area contributed by atoms with Crippen molar-refractivity contribution in [2.75, 3.05) is 26.2 Å². The van der Waals surface area contributed by atoms with Gasteiger partial charge in [0.25, 0.3) is 5.91 Å². The Bertz CT molecular complexity index is 896. The molecule has 7 heteroatoms. The Morgan fingerprint density at radius 1 is 0.962 bits per heavy atom. The van der Waals surface area contributed by atoms with Gasteiger partial charge in [0.15, 0.2) is 0 Å². The maximum atomic E-state index is 12.7. The average molecular weight is 349 g/mol. The molecule has 0 spiro atoms. The molecule has 1 aliphatic heterocycles. The van der Waals surface area contributed by atoms with Crippen molar-refractivity contribution in [2.24, 2.45) is 0 Å². The highest BCUT2D eigenvalue weighted by Crippen LogP contribution is 2.11. The van der Waals surface area contributed by atoms with E-state index in [2.05, 4.69) is 9.97 Å². The van der Waals surface area contributed by atoms with Crippen molar-refractivity contribution >= 4 is 17.6 Å². The van der Waals surface area contributed by atoms with Crippen LogP contribution < -0.4 is 0 Å². The second-order valence-electron chi connectivity index (χ2n) is 6.29. The van der Waals surface area contributed by atoms with Gasteiger partial charge < -0.3 is 9.80 Å². The van der Waals surface area contributed by atoms with E-state index in [9.17, 15) is 9.59 Å². The van der Waals surface area contributed by atoms with Crippen molar-refractivity contribution in [1.82, 2.24) is 24.2 Å². The molecule has 0 atom stereocenters. The number of hydrogen-bond acceptors (Lipinski definition) is 4. The number of fused-ring (bicyclic) bond motifs is 1. The fraction of sp³-hybridized carbons (Fsp3) is 0.263. The van der Waals surface area contributed by atoms with E-state index in [-0.39, 0.29) is 11.8 Å². The Labute approximate surface area is 150 Å². The Kier molecular flexibility index (Phi) is 4.35. The van der Waals surface area contributed by atoms with Crippen molar-refractivity contribution in [3.05, 3.63) is 66.2 Å². The lowest BCUT2D eigenvalue weighted by atomic mass is 10.1. The Morgan fingerprint density at radius 3 is 2.42 bits per heavy atom. The maximum absolute atomic E-state index is 12.7. The third-order valence-electron chi connectivity index (χ3n) is 4.57. The summed E-state index contributed by atoms with van der Waals surface area (Å²) in [5.74, 6) is 0.485. The molecule has 7 nitrogen and oxygen atoms in total. The van der Waals surface area contributed by atoms with Crippen molar-refractivity contribution < 1.29 is 9.59 Å². The van der Waals surface area contributed by atoms with Crippen LogP contribution in [0.3, 0.4) is 0 Å². The molecule has 3 aromatic rings. The van der Waals surface area contributed by atoms with Crippen molar-refractivity contribution in [1.29, 1.82) is 0 Å². The molecule has 3 heterocycles. The molecule has 2 aromatic heterocycles. The highest BCUT2D eigenvalue weighted by atomic mass is 16.2. The van der Waals surface area contributed by atoms with Crippen LogP contribution in [0.15, 0.2) is 55.0 Å². The van der Waals surface area contributed by atoms with Gasteiger partial charge in [-0.05, 0) is 11.6 Å². The van der Waals surface area contributed by atoms with Crippen LogP contribution in [0.5, 0.6) is 0 Å². The summed E-state index contributed by atoms with van der Waals surface area (Å²) in [6.07, 6.45) is 5.55. The van der Waals surface area contributed by atoms with E-state index in [1.54, 1.807) is 27.8 Å². The van der Waals surface area contributed by atoms with E-state index in [4.69, 9.17) is 0 Å². The quantitative estimate of drug-likeness (QED) is 0.714. The average Bonchev–Trinajstić information content (AvgIpc) is 3.12. The van der Waals surface area contributed by atoms with E-state index in [1.807, 2.05) is 41.4 Å². The van der Waals surface area contributed by atoms with Gasteiger partial charge in [0.05, 0.1) is 6.42 Å². The summed E-state index contributed by atoms with van der Waals surface area (Å²) in [5.41, 5.74) is 1.39. The minimum atomic E-state index is -0.120. The second-order valence-corrected chi connectivity index (χ2v) is 6.29. The molecule has 4 rings (SSSR count). The summed E-state index contributed by atoms with van der Waals surface area (Å²) in [5, 5.41) is 0. The first-order chi connectivity index (χ1) is 12.7. The van der Waals surface area contributed by atoms with Crippen LogP contribution in [0.2, 0.25) is 0 Å². The highest BCUT2D eigenvalue weighted by Gasteiger charge is 2.26. The zero-order valence-corrected chi connectivity index (χ0v) is 14.3. The Balaban J connectivity index is 1.37. The van der Waals surface area contributed by atoms with Crippen LogP contribution in [0.4, 0.5) is 0 Å². The number of imidazole rings is 1. The third kappa shape index (κ3) is 3.28. The van der Waals surface area contributed by atoms with Gasteiger partial charge in [-0.2, -0.15) is 0 Å². The van der Waals surface area contributed by atoms with Crippen molar-refractivity contribution in [2.45, 2.75) is 6.42 Å². The third-order valence-corrected chi connectivity index (χ3v) is 4.57. The topological polar surface area (TPSA) is 70.8 Å². The molecule has 1 saturated heterocycles. The summed E-state index contributed by atoms with van der Waals surface area (Å²) in [4.78, 5) is 37.1. The lowest BCUT2D eigenvalue weighted by Crippen LogP contribution is -2.51. The molecule has 2 amide bonds. The standard InChI is InChI=1S/C19H19N5O2/c25-17(13-15-5-2-1-3-6-15)22-9-11-23(12-10-22)18(26)16-14-24-8-4-7-20-19(24)21-16/h1-8,14H,9-13H2. The van der Waals surface area contributed by atoms with Crippen LogP contribution in [-0.4, -0.2) is 62.2 Å². The fourth-order valence-corrected chi connectivity index (χ4v) is 3.14. The zero-order valence-electron chi connectivity index (χ0n) is 14.3. The number of aromatic nitrogens is 3. The van der Waals surface area contributed by atoms with Crippen LogP contribution in [0.25, 0.3) is 5.78 Å². The Hall–Kier alpha value is -3.22. The van der Waals surface area contributed by atoms with Gasteiger partial charge in [-0.1, -0.05) is 30.3 Å². The maximum Gasteiger partial charge on any atom is 0.274 e. The lowest BCUT2D eigenvalue weighted by Gasteiger charge is -2.34. The van der Waals surface area contributed by atoms with Crippen LogP contribution in [-0.2, 0) is 11.2 Å². The van der Waals surface area contributed by atoms with Gasteiger partial charge in [-0.15, -0.1) is 0 Å². The lowest BCUT2D eigenvalue weighted by molar-refractivity contribution is -0.131. The minimum Gasteiger partial charge on any atom is -0.339 e. The summed E-state index contributed by atoms with van der Waals surface area (Å²) < 4.78 is 1.73. The first-order valence-electron chi connectivity index (χ1n) is 8.61. The number of carbonyl (C=O) groups excluding carboxylic acids is 2. The first kappa shape index (κ1) is 16.3. The molecule has 1 fully saturated rings. The number of amides is 2. The van der Waals surface area contributed by atoms with Gasteiger partial charge in [0.1, 0.15) is 5.69 Å². The number of nitrogens with zero attached hydrogens (tertiary/aromatic N) is 5. The predicted octanol–water partition coefficient (Wildman–Crippen LogP) is 1.26. The first-order valence-corrected chi connectivity index (χ1v) is 8.61. The van der Waals surface area contributed by atoms with E-state index in [0.717, 1.165) is 5.56 Å².